The number of nitrogens with one attached hydrogen (secondary N) is 1. The molecule has 1 saturated heterocycles. The summed E-state index contributed by atoms with van der Waals surface area (Å²) in [5.41, 5.74) is 2.74. The van der Waals surface area contributed by atoms with Crippen LogP contribution in [0.25, 0.3) is 0 Å². The third kappa shape index (κ3) is 3.02. The first-order valence-electron chi connectivity index (χ1n) is 6.61. The molecule has 2 aliphatic rings. The Bertz CT molecular complexity index is 346. The number of carbonyl (C=O) groups is 1. The number of rotatable bonds is 1. The first-order valence-corrected chi connectivity index (χ1v) is 6.61. The average Bonchev–Trinajstić information content (AvgIpc) is 2.85. The second-order valence-corrected chi connectivity index (χ2v) is 5.97. The molecule has 1 saturated carbocycles. The van der Waals surface area contributed by atoms with Crippen LogP contribution in [0.1, 0.15) is 52.9 Å². The lowest BCUT2D eigenvalue weighted by Gasteiger charge is -2.23. The van der Waals surface area contributed by atoms with E-state index >= 15 is 0 Å². The molecule has 1 aliphatic carbocycles. The molecule has 0 radical (unpaired) electrons. The van der Waals surface area contributed by atoms with Gasteiger partial charge in [0.2, 0.25) is 0 Å². The Kier molecular flexibility index (Phi) is 3.61. The molecular weight excluding hydrogens is 232 g/mol. The van der Waals surface area contributed by atoms with Crippen molar-refractivity contribution in [3.05, 3.63) is 0 Å². The minimum atomic E-state index is -0.505. The maximum atomic E-state index is 11.5. The van der Waals surface area contributed by atoms with Crippen molar-refractivity contribution in [1.29, 1.82) is 0 Å². The van der Waals surface area contributed by atoms with Gasteiger partial charge < -0.3 is 9.47 Å². The second-order valence-electron chi connectivity index (χ2n) is 5.97. The van der Waals surface area contributed by atoms with E-state index in [4.69, 9.17) is 9.47 Å². The van der Waals surface area contributed by atoms with Crippen LogP contribution in [0.4, 0.5) is 4.79 Å². The molecule has 2 rings (SSSR count). The smallest absolute Gasteiger partial charge is 0.428 e. The van der Waals surface area contributed by atoms with Gasteiger partial charge in [0, 0.05) is 6.61 Å². The van der Waals surface area contributed by atoms with Gasteiger partial charge in [-0.25, -0.2) is 10.2 Å². The van der Waals surface area contributed by atoms with E-state index in [-0.39, 0.29) is 5.60 Å². The first-order chi connectivity index (χ1) is 8.41. The molecule has 18 heavy (non-hydrogen) atoms. The molecule has 1 amide bonds. The van der Waals surface area contributed by atoms with Crippen molar-refractivity contribution in [3.63, 3.8) is 0 Å². The highest BCUT2D eigenvalue weighted by atomic mass is 16.6. The molecule has 1 spiro atoms. The van der Waals surface area contributed by atoms with Crippen molar-refractivity contribution in [1.82, 2.24) is 5.43 Å². The number of hydrogen-bond donors (Lipinski definition) is 1. The van der Waals surface area contributed by atoms with Crippen LogP contribution >= 0.6 is 0 Å². The predicted octanol–water partition coefficient (Wildman–Crippen LogP) is 2.60. The summed E-state index contributed by atoms with van der Waals surface area (Å²) in [5, 5.41) is 4.21. The van der Waals surface area contributed by atoms with Gasteiger partial charge in [0.25, 0.3) is 0 Å². The van der Waals surface area contributed by atoms with Gasteiger partial charge in [0.1, 0.15) is 11.2 Å². The van der Waals surface area contributed by atoms with Gasteiger partial charge in [-0.15, -0.1) is 0 Å². The third-order valence-corrected chi connectivity index (χ3v) is 3.30. The molecule has 102 valence electrons. The van der Waals surface area contributed by atoms with Crippen molar-refractivity contribution in [2.24, 2.45) is 5.10 Å². The topological polar surface area (TPSA) is 59.9 Å². The Labute approximate surface area is 108 Å². The normalized spacial score (nSPS) is 30.1. The lowest BCUT2D eigenvalue weighted by molar-refractivity contribution is 0.0518. The van der Waals surface area contributed by atoms with Crippen LogP contribution in [0, 0.1) is 0 Å². The standard InChI is InChI=1S/C13H22N2O3/c1-12(2,3)18-11(16)15-14-10-6-4-7-13(10)8-5-9-17-13/h4-9H2,1-3H3,(H,15,16)/b14-10+. The maximum absolute atomic E-state index is 11.5. The van der Waals surface area contributed by atoms with Crippen molar-refractivity contribution in [2.45, 2.75) is 64.1 Å². The summed E-state index contributed by atoms with van der Waals surface area (Å²) in [6.45, 7) is 6.29. The monoisotopic (exact) mass is 254 g/mol. The number of ether oxygens (including phenoxy) is 2. The molecule has 1 N–H and O–H groups in total. The Morgan fingerprint density at radius 3 is 2.72 bits per heavy atom. The largest absolute Gasteiger partial charge is 0.443 e. The zero-order valence-corrected chi connectivity index (χ0v) is 11.4. The van der Waals surface area contributed by atoms with Crippen LogP contribution in [-0.4, -0.2) is 29.6 Å². The van der Waals surface area contributed by atoms with Gasteiger partial charge in [-0.3, -0.25) is 0 Å². The zero-order chi connectivity index (χ0) is 13.2. The lowest BCUT2D eigenvalue weighted by Crippen LogP contribution is -2.36. The number of hydrazone groups is 1. The van der Waals surface area contributed by atoms with Crippen LogP contribution in [0.15, 0.2) is 5.10 Å². The first kappa shape index (κ1) is 13.3. The van der Waals surface area contributed by atoms with E-state index in [0.717, 1.165) is 44.4 Å². The molecule has 5 nitrogen and oxygen atoms in total. The van der Waals surface area contributed by atoms with E-state index in [2.05, 4.69) is 10.5 Å². The van der Waals surface area contributed by atoms with Crippen molar-refractivity contribution < 1.29 is 14.3 Å². The van der Waals surface area contributed by atoms with Gasteiger partial charge in [-0.2, -0.15) is 5.10 Å². The predicted molar refractivity (Wildman–Crippen MR) is 68.6 cm³/mol. The van der Waals surface area contributed by atoms with Gasteiger partial charge in [-0.1, -0.05) is 0 Å². The number of hydrogen-bond acceptors (Lipinski definition) is 4. The molecule has 0 aromatic rings. The highest BCUT2D eigenvalue weighted by Gasteiger charge is 2.43. The average molecular weight is 254 g/mol. The molecule has 2 fully saturated rings. The minimum Gasteiger partial charge on any atom is -0.443 e. The lowest BCUT2D eigenvalue weighted by atomic mass is 9.97. The highest BCUT2D eigenvalue weighted by Crippen LogP contribution is 2.38. The van der Waals surface area contributed by atoms with Gasteiger partial charge in [-0.05, 0) is 52.9 Å². The molecular formula is C13H22N2O3. The van der Waals surface area contributed by atoms with Crippen LogP contribution in [0.5, 0.6) is 0 Å². The van der Waals surface area contributed by atoms with Crippen LogP contribution in [0.3, 0.4) is 0 Å². The fraction of sp³-hybridized carbons (Fsp3) is 0.846. The summed E-state index contributed by atoms with van der Waals surface area (Å²) in [7, 11) is 0. The SMILES string of the molecule is CC(C)(C)OC(=O)N/N=C1\CCCC12CCCO2. The molecule has 1 heterocycles. The molecule has 1 aliphatic heterocycles. The molecule has 0 bridgehead atoms. The molecule has 0 aromatic carbocycles. The summed E-state index contributed by atoms with van der Waals surface area (Å²) in [4.78, 5) is 11.5. The van der Waals surface area contributed by atoms with Crippen molar-refractivity contribution >= 4 is 11.8 Å². The van der Waals surface area contributed by atoms with E-state index in [0.29, 0.717) is 0 Å². The number of amides is 1. The van der Waals surface area contributed by atoms with Crippen LogP contribution in [0.2, 0.25) is 0 Å². The van der Waals surface area contributed by atoms with Gasteiger partial charge in [0.15, 0.2) is 0 Å². The van der Waals surface area contributed by atoms with Crippen molar-refractivity contribution in [2.75, 3.05) is 6.61 Å². The van der Waals surface area contributed by atoms with E-state index in [9.17, 15) is 4.79 Å². The Morgan fingerprint density at radius 2 is 2.11 bits per heavy atom. The Morgan fingerprint density at radius 1 is 1.39 bits per heavy atom. The van der Waals surface area contributed by atoms with Crippen LogP contribution in [-0.2, 0) is 9.47 Å². The molecule has 0 aromatic heterocycles. The van der Waals surface area contributed by atoms with E-state index in [1.54, 1.807) is 0 Å². The second kappa shape index (κ2) is 4.88. The minimum absolute atomic E-state index is 0.199. The Balaban J connectivity index is 1.95. The zero-order valence-electron chi connectivity index (χ0n) is 11.4. The number of nitrogens with zero attached hydrogens (tertiary/aromatic N) is 1. The third-order valence-electron chi connectivity index (χ3n) is 3.30. The summed E-state index contributed by atoms with van der Waals surface area (Å²) in [6, 6.07) is 0. The molecule has 5 heteroatoms. The summed E-state index contributed by atoms with van der Waals surface area (Å²) < 4.78 is 11.0. The van der Waals surface area contributed by atoms with Gasteiger partial charge in [0.05, 0.1) is 5.71 Å². The maximum Gasteiger partial charge on any atom is 0.428 e. The summed E-state index contributed by atoms with van der Waals surface area (Å²) in [5.74, 6) is 0. The Hall–Kier alpha value is -1.10. The van der Waals surface area contributed by atoms with Crippen LogP contribution < -0.4 is 5.43 Å². The quantitative estimate of drug-likeness (QED) is 0.732. The number of carbonyl (C=O) groups excluding carboxylic acids is 1. The van der Waals surface area contributed by atoms with E-state index < -0.39 is 11.7 Å². The fourth-order valence-corrected chi connectivity index (χ4v) is 2.61. The fourth-order valence-electron chi connectivity index (χ4n) is 2.61. The highest BCUT2D eigenvalue weighted by molar-refractivity contribution is 5.95. The molecule has 1 unspecified atom stereocenters. The van der Waals surface area contributed by atoms with Crippen molar-refractivity contribution in [3.8, 4) is 0 Å². The summed E-state index contributed by atoms with van der Waals surface area (Å²) >= 11 is 0. The molecule has 1 atom stereocenters. The van der Waals surface area contributed by atoms with Gasteiger partial charge >= 0.3 is 6.09 Å². The van der Waals surface area contributed by atoms with E-state index in [1.165, 1.54) is 0 Å². The van der Waals surface area contributed by atoms with E-state index in [1.807, 2.05) is 20.8 Å². The summed E-state index contributed by atoms with van der Waals surface area (Å²) in [6.07, 6.45) is 4.58.